The Kier molecular flexibility index (Phi) is 8.04. The summed E-state index contributed by atoms with van der Waals surface area (Å²) < 4.78 is 77.2. The van der Waals surface area contributed by atoms with Gasteiger partial charge in [0.25, 0.3) is 11.5 Å². The molecule has 16 heteroatoms. The van der Waals surface area contributed by atoms with Crippen molar-refractivity contribution in [2.75, 3.05) is 43.0 Å². The van der Waals surface area contributed by atoms with Gasteiger partial charge in [-0.2, -0.15) is 31.4 Å². The molecule has 3 heterocycles. The minimum absolute atomic E-state index is 0.280. The van der Waals surface area contributed by atoms with Crippen molar-refractivity contribution in [3.63, 3.8) is 0 Å². The maximum Gasteiger partial charge on any atom is 0.423 e. The van der Waals surface area contributed by atoms with Crippen LogP contribution in [0.2, 0.25) is 0 Å². The van der Waals surface area contributed by atoms with Crippen LogP contribution in [0.5, 0.6) is 0 Å². The third-order valence-electron chi connectivity index (χ3n) is 5.10. The quantitative estimate of drug-likeness (QED) is 0.327. The molecule has 1 fully saturated rings. The molecule has 0 radical (unpaired) electrons. The molecule has 1 unspecified atom stereocenters. The van der Waals surface area contributed by atoms with Crippen molar-refractivity contribution in [1.29, 1.82) is 0 Å². The standard InChI is InChI=1S/C20H21F6N7O3/c1-12(30-14-10-28-31-18(35)17(14)20(24,25)26)8-29-36-11-16(34)33-6-4-32(5-7-33)15-3-2-13(9-27-15)19(21,22)23/h2-3,8-10,12H,4-7,11H2,1H3,(H2,30,31,35)/b29-8+. The van der Waals surface area contributed by atoms with E-state index in [1.165, 1.54) is 17.9 Å². The molecule has 1 saturated heterocycles. The summed E-state index contributed by atoms with van der Waals surface area (Å²) in [5.74, 6) is -0.0346. The average Bonchev–Trinajstić information content (AvgIpc) is 2.80. The molecule has 2 aromatic heterocycles. The van der Waals surface area contributed by atoms with Crippen LogP contribution in [0.1, 0.15) is 18.1 Å². The van der Waals surface area contributed by atoms with E-state index in [0.717, 1.165) is 24.7 Å². The number of piperazine rings is 1. The highest BCUT2D eigenvalue weighted by molar-refractivity contribution is 5.78. The predicted molar refractivity (Wildman–Crippen MR) is 115 cm³/mol. The van der Waals surface area contributed by atoms with Crippen LogP contribution >= 0.6 is 0 Å². The zero-order chi connectivity index (χ0) is 26.5. The second kappa shape index (κ2) is 10.8. The number of aromatic amines is 1. The van der Waals surface area contributed by atoms with Crippen molar-refractivity contribution >= 4 is 23.6 Å². The second-order valence-electron chi connectivity index (χ2n) is 7.72. The van der Waals surface area contributed by atoms with E-state index in [9.17, 15) is 35.9 Å². The van der Waals surface area contributed by atoms with Crippen molar-refractivity contribution in [2.45, 2.75) is 25.3 Å². The number of hydrogen-bond donors (Lipinski definition) is 2. The number of hydrogen-bond acceptors (Lipinski definition) is 8. The smallest absolute Gasteiger partial charge is 0.386 e. The number of carbonyl (C=O) groups is 1. The lowest BCUT2D eigenvalue weighted by Crippen LogP contribution is -2.49. The largest absolute Gasteiger partial charge is 0.423 e. The predicted octanol–water partition coefficient (Wildman–Crippen LogP) is 2.35. The molecule has 196 valence electrons. The first-order valence-corrected chi connectivity index (χ1v) is 10.5. The van der Waals surface area contributed by atoms with Crippen LogP contribution in [-0.2, 0) is 22.0 Å². The maximum atomic E-state index is 13.1. The van der Waals surface area contributed by atoms with E-state index >= 15 is 0 Å². The number of aromatic nitrogens is 3. The SMILES string of the molecule is CC(/C=N/OCC(=O)N1CCN(c2ccc(C(F)(F)F)cn2)CC1)Nc1cn[nH]c(=O)c1C(F)(F)F. The molecule has 3 rings (SSSR count). The van der Waals surface area contributed by atoms with Crippen LogP contribution in [0.15, 0.2) is 34.5 Å². The highest BCUT2D eigenvalue weighted by Crippen LogP contribution is 2.31. The number of alkyl halides is 6. The summed E-state index contributed by atoms with van der Waals surface area (Å²) in [5.41, 5.74) is -4.22. The summed E-state index contributed by atoms with van der Waals surface area (Å²) in [5, 5.41) is 11.1. The number of nitrogens with one attached hydrogen (secondary N) is 2. The molecule has 1 aliphatic rings. The molecule has 2 aromatic rings. The Bertz CT molecular complexity index is 1130. The van der Waals surface area contributed by atoms with Gasteiger partial charge in [-0.1, -0.05) is 5.16 Å². The van der Waals surface area contributed by atoms with Crippen molar-refractivity contribution in [1.82, 2.24) is 20.1 Å². The summed E-state index contributed by atoms with van der Waals surface area (Å²) in [6.45, 7) is 2.28. The molecule has 0 spiro atoms. The van der Waals surface area contributed by atoms with Crippen LogP contribution in [0.25, 0.3) is 0 Å². The molecular formula is C20H21F6N7O3. The Labute approximate surface area is 199 Å². The number of H-pyrrole nitrogens is 1. The molecule has 1 atom stereocenters. The zero-order valence-corrected chi connectivity index (χ0v) is 18.7. The van der Waals surface area contributed by atoms with E-state index in [-0.39, 0.29) is 13.1 Å². The first-order chi connectivity index (χ1) is 16.9. The molecule has 36 heavy (non-hydrogen) atoms. The fraction of sp³-hybridized carbons (Fsp3) is 0.450. The van der Waals surface area contributed by atoms with Gasteiger partial charge in [-0.05, 0) is 19.1 Å². The van der Waals surface area contributed by atoms with E-state index in [2.05, 4.69) is 20.6 Å². The maximum absolute atomic E-state index is 13.1. The molecule has 2 N–H and O–H groups in total. The highest BCUT2D eigenvalue weighted by Gasteiger charge is 2.37. The summed E-state index contributed by atoms with van der Waals surface area (Å²) >= 11 is 0. The molecule has 1 aliphatic heterocycles. The van der Waals surface area contributed by atoms with Crippen molar-refractivity contribution in [3.05, 3.63) is 46.0 Å². The third-order valence-corrected chi connectivity index (χ3v) is 5.10. The van der Waals surface area contributed by atoms with Gasteiger partial charge in [-0.3, -0.25) is 9.59 Å². The lowest BCUT2D eigenvalue weighted by atomic mass is 10.2. The number of carbonyl (C=O) groups excluding carboxylic acids is 1. The molecule has 0 saturated carbocycles. The minimum Gasteiger partial charge on any atom is -0.386 e. The molecule has 0 aromatic carbocycles. The van der Waals surface area contributed by atoms with Gasteiger partial charge in [0, 0.05) is 32.4 Å². The Hall–Kier alpha value is -3.85. The van der Waals surface area contributed by atoms with E-state index in [4.69, 9.17) is 4.84 Å². The first-order valence-electron chi connectivity index (χ1n) is 10.5. The Morgan fingerprint density at radius 2 is 1.86 bits per heavy atom. The lowest BCUT2D eigenvalue weighted by molar-refractivity contribution is -0.138. The fourth-order valence-corrected chi connectivity index (χ4v) is 3.32. The van der Waals surface area contributed by atoms with E-state index < -0.39 is 53.3 Å². The van der Waals surface area contributed by atoms with Gasteiger partial charge >= 0.3 is 12.4 Å². The van der Waals surface area contributed by atoms with Crippen molar-refractivity contribution in [3.8, 4) is 0 Å². The van der Waals surface area contributed by atoms with Crippen LogP contribution in [-0.4, -0.2) is 71.0 Å². The molecule has 1 amide bonds. The third kappa shape index (κ3) is 6.85. The number of amides is 1. The monoisotopic (exact) mass is 521 g/mol. The van der Waals surface area contributed by atoms with Gasteiger partial charge in [-0.25, -0.2) is 10.1 Å². The number of anilines is 2. The number of nitrogens with zero attached hydrogens (tertiary/aromatic N) is 5. The topological polar surface area (TPSA) is 116 Å². The molecule has 0 aliphatic carbocycles. The van der Waals surface area contributed by atoms with Gasteiger partial charge in [0.2, 0.25) is 0 Å². The van der Waals surface area contributed by atoms with Crippen LogP contribution in [0.3, 0.4) is 0 Å². The average molecular weight is 521 g/mol. The fourth-order valence-electron chi connectivity index (χ4n) is 3.32. The van der Waals surface area contributed by atoms with Gasteiger partial charge in [0.15, 0.2) is 6.61 Å². The van der Waals surface area contributed by atoms with E-state index in [0.29, 0.717) is 18.9 Å². The molecule has 10 nitrogen and oxygen atoms in total. The van der Waals surface area contributed by atoms with E-state index in [1.54, 1.807) is 10.00 Å². The summed E-state index contributed by atoms with van der Waals surface area (Å²) in [6, 6.07) is 1.41. The number of oxime groups is 1. The normalized spacial score (nSPS) is 15.8. The van der Waals surface area contributed by atoms with Gasteiger partial charge < -0.3 is 20.0 Å². The van der Waals surface area contributed by atoms with Gasteiger partial charge in [0.1, 0.15) is 11.4 Å². The minimum atomic E-state index is -4.90. The van der Waals surface area contributed by atoms with Gasteiger partial charge in [-0.15, -0.1) is 0 Å². The highest BCUT2D eigenvalue weighted by atomic mass is 19.4. The summed E-state index contributed by atoms with van der Waals surface area (Å²) in [7, 11) is 0. The number of halogens is 6. The molecular weight excluding hydrogens is 500 g/mol. The second-order valence-corrected chi connectivity index (χ2v) is 7.72. The Morgan fingerprint density at radius 1 is 1.17 bits per heavy atom. The van der Waals surface area contributed by atoms with Gasteiger partial charge in [0.05, 0.1) is 29.7 Å². The molecule has 0 bridgehead atoms. The van der Waals surface area contributed by atoms with Crippen molar-refractivity contribution < 1.29 is 36.0 Å². The lowest BCUT2D eigenvalue weighted by Gasteiger charge is -2.35. The van der Waals surface area contributed by atoms with E-state index in [1.807, 2.05) is 0 Å². The summed E-state index contributed by atoms with van der Waals surface area (Å²) in [4.78, 5) is 35.8. The van der Waals surface area contributed by atoms with Crippen LogP contribution < -0.4 is 15.8 Å². The van der Waals surface area contributed by atoms with Crippen molar-refractivity contribution in [2.24, 2.45) is 5.16 Å². The van der Waals surface area contributed by atoms with Crippen LogP contribution in [0.4, 0.5) is 37.8 Å². The Morgan fingerprint density at radius 3 is 2.44 bits per heavy atom. The zero-order valence-electron chi connectivity index (χ0n) is 18.7. The number of pyridine rings is 1. The summed E-state index contributed by atoms with van der Waals surface area (Å²) in [6.07, 6.45) is -6.69. The first kappa shape index (κ1) is 26.7. The Balaban J connectivity index is 1.45. The van der Waals surface area contributed by atoms with Crippen LogP contribution in [0, 0.1) is 0 Å². The number of rotatable bonds is 7.